The highest BCUT2D eigenvalue weighted by Gasteiger charge is 1.94. The van der Waals surface area contributed by atoms with E-state index in [4.69, 9.17) is 7.85 Å². The van der Waals surface area contributed by atoms with Crippen LogP contribution in [-0.4, -0.2) is 12.8 Å². The van der Waals surface area contributed by atoms with E-state index in [1.807, 2.05) is 42.6 Å². The van der Waals surface area contributed by atoms with Crippen LogP contribution in [0.2, 0.25) is 0 Å². The van der Waals surface area contributed by atoms with Gasteiger partial charge in [0, 0.05) is 12.4 Å². The second-order valence-electron chi connectivity index (χ2n) is 2.86. The largest absolute Gasteiger partial charge is 0.264 e. The smallest absolute Gasteiger partial charge is 0.113 e. The molecule has 0 aliphatic carbocycles. The van der Waals surface area contributed by atoms with E-state index >= 15 is 0 Å². The molecule has 1 heterocycles. The zero-order valence-electron chi connectivity index (χ0n) is 7.14. The summed E-state index contributed by atoms with van der Waals surface area (Å²) in [5, 5.41) is 0. The second kappa shape index (κ2) is 3.44. The van der Waals surface area contributed by atoms with E-state index in [-0.39, 0.29) is 0 Å². The number of nitrogens with zero attached hydrogens (tertiary/aromatic N) is 1. The van der Waals surface area contributed by atoms with Crippen molar-refractivity contribution in [1.29, 1.82) is 0 Å². The van der Waals surface area contributed by atoms with Gasteiger partial charge in [-0.3, -0.25) is 4.98 Å². The van der Waals surface area contributed by atoms with Crippen molar-refractivity contribution in [2.24, 2.45) is 0 Å². The Balaban J connectivity index is 2.42. The molecule has 1 aromatic carbocycles. The molecule has 1 aromatic heterocycles. The van der Waals surface area contributed by atoms with Crippen molar-refractivity contribution in [2.75, 3.05) is 0 Å². The SMILES string of the molecule is [B]c1ccc(-c2cccnc2)cc1. The van der Waals surface area contributed by atoms with Crippen molar-refractivity contribution in [3.63, 3.8) is 0 Å². The van der Waals surface area contributed by atoms with Gasteiger partial charge in [-0.15, -0.1) is 0 Å². The maximum atomic E-state index is 5.59. The van der Waals surface area contributed by atoms with Crippen LogP contribution < -0.4 is 5.46 Å². The van der Waals surface area contributed by atoms with Crippen LogP contribution in [0.4, 0.5) is 0 Å². The first kappa shape index (κ1) is 8.05. The lowest BCUT2D eigenvalue weighted by molar-refractivity contribution is 1.33. The molecule has 0 atom stereocenters. The first-order valence-corrected chi connectivity index (χ1v) is 4.12. The Kier molecular flexibility index (Phi) is 2.13. The van der Waals surface area contributed by atoms with E-state index in [2.05, 4.69) is 4.98 Å². The molecule has 1 nitrogen and oxygen atoms in total. The Morgan fingerprint density at radius 3 is 2.31 bits per heavy atom. The summed E-state index contributed by atoms with van der Waals surface area (Å²) in [5.41, 5.74) is 3.04. The first-order valence-electron chi connectivity index (χ1n) is 4.12. The molecule has 0 aliphatic heterocycles. The molecule has 0 saturated carbocycles. The summed E-state index contributed by atoms with van der Waals surface area (Å²) in [4.78, 5) is 4.05. The molecular weight excluding hydrogens is 157 g/mol. The highest BCUT2D eigenvalue weighted by Crippen LogP contribution is 2.15. The predicted octanol–water partition coefficient (Wildman–Crippen LogP) is 1.54. The molecule has 2 radical (unpaired) electrons. The number of rotatable bonds is 1. The summed E-state index contributed by atoms with van der Waals surface area (Å²) >= 11 is 0. The Bertz CT molecular complexity index is 381. The van der Waals surface area contributed by atoms with Gasteiger partial charge in [-0.1, -0.05) is 35.8 Å². The van der Waals surface area contributed by atoms with Crippen molar-refractivity contribution in [3.05, 3.63) is 48.8 Å². The molecule has 0 spiro atoms. The van der Waals surface area contributed by atoms with Gasteiger partial charge in [-0.05, 0) is 17.2 Å². The minimum atomic E-state index is 0.785. The highest BCUT2D eigenvalue weighted by molar-refractivity contribution is 6.32. The number of aromatic nitrogens is 1. The normalized spacial score (nSPS) is 9.85. The molecule has 2 rings (SSSR count). The summed E-state index contributed by atoms with van der Waals surface area (Å²) in [6.07, 6.45) is 3.60. The number of hydrogen-bond donors (Lipinski definition) is 0. The topological polar surface area (TPSA) is 12.9 Å². The average Bonchev–Trinajstić information content (AvgIpc) is 2.20. The van der Waals surface area contributed by atoms with Crippen molar-refractivity contribution >= 4 is 13.3 Å². The maximum Gasteiger partial charge on any atom is 0.113 e. The minimum Gasteiger partial charge on any atom is -0.264 e. The molecule has 0 N–H and O–H groups in total. The van der Waals surface area contributed by atoms with Crippen LogP contribution in [0.5, 0.6) is 0 Å². The Hall–Kier alpha value is -1.57. The third-order valence-corrected chi connectivity index (χ3v) is 1.91. The van der Waals surface area contributed by atoms with Gasteiger partial charge in [-0.25, -0.2) is 0 Å². The second-order valence-corrected chi connectivity index (χ2v) is 2.86. The monoisotopic (exact) mass is 165 g/mol. The van der Waals surface area contributed by atoms with Crippen molar-refractivity contribution in [2.45, 2.75) is 0 Å². The Morgan fingerprint density at radius 2 is 1.69 bits per heavy atom. The van der Waals surface area contributed by atoms with Gasteiger partial charge in [0.25, 0.3) is 0 Å². The quantitative estimate of drug-likeness (QED) is 0.584. The average molecular weight is 165 g/mol. The van der Waals surface area contributed by atoms with Crippen LogP contribution >= 0.6 is 0 Å². The van der Waals surface area contributed by atoms with Crippen LogP contribution in [0.1, 0.15) is 0 Å². The lowest BCUT2D eigenvalue weighted by Gasteiger charge is -2.00. The lowest BCUT2D eigenvalue weighted by Crippen LogP contribution is -1.99. The molecule has 0 aliphatic rings. The fraction of sp³-hybridized carbons (Fsp3) is 0. The molecule has 60 valence electrons. The molecule has 0 amide bonds. The van der Waals surface area contributed by atoms with Gasteiger partial charge in [0.15, 0.2) is 0 Å². The summed E-state index contributed by atoms with van der Waals surface area (Å²) in [7, 11) is 5.59. The summed E-state index contributed by atoms with van der Waals surface area (Å²) in [6.45, 7) is 0. The van der Waals surface area contributed by atoms with Crippen LogP contribution in [0.15, 0.2) is 48.8 Å². The standard InChI is InChI=1S/C11H8BN/c12-11-5-3-9(4-6-11)10-2-1-7-13-8-10/h1-8H. The van der Waals surface area contributed by atoms with E-state index in [1.165, 1.54) is 0 Å². The third kappa shape index (κ3) is 1.78. The van der Waals surface area contributed by atoms with Crippen LogP contribution in [0.25, 0.3) is 11.1 Å². The predicted molar refractivity (Wildman–Crippen MR) is 55.1 cm³/mol. The zero-order valence-corrected chi connectivity index (χ0v) is 7.14. The molecule has 2 heteroatoms. The van der Waals surface area contributed by atoms with E-state index in [0.29, 0.717) is 0 Å². The van der Waals surface area contributed by atoms with E-state index < -0.39 is 0 Å². The van der Waals surface area contributed by atoms with Gasteiger partial charge in [-0.2, -0.15) is 0 Å². The maximum absolute atomic E-state index is 5.59. The fourth-order valence-electron chi connectivity index (χ4n) is 1.21. The molecular formula is C11H8BN. The molecule has 2 aromatic rings. The van der Waals surface area contributed by atoms with Gasteiger partial charge in [0.05, 0.1) is 0 Å². The van der Waals surface area contributed by atoms with Gasteiger partial charge < -0.3 is 0 Å². The van der Waals surface area contributed by atoms with E-state index in [1.54, 1.807) is 6.20 Å². The highest BCUT2D eigenvalue weighted by atomic mass is 14.6. The third-order valence-electron chi connectivity index (χ3n) is 1.91. The first-order chi connectivity index (χ1) is 6.36. The van der Waals surface area contributed by atoms with E-state index in [0.717, 1.165) is 16.6 Å². The summed E-state index contributed by atoms with van der Waals surface area (Å²) < 4.78 is 0. The molecule has 13 heavy (non-hydrogen) atoms. The van der Waals surface area contributed by atoms with Crippen LogP contribution in [0.3, 0.4) is 0 Å². The van der Waals surface area contributed by atoms with E-state index in [9.17, 15) is 0 Å². The van der Waals surface area contributed by atoms with Crippen LogP contribution in [0, 0.1) is 0 Å². The van der Waals surface area contributed by atoms with Crippen molar-refractivity contribution in [3.8, 4) is 11.1 Å². The summed E-state index contributed by atoms with van der Waals surface area (Å²) in [5.74, 6) is 0. The molecule has 0 unspecified atom stereocenters. The zero-order chi connectivity index (χ0) is 9.10. The molecule has 0 saturated heterocycles. The van der Waals surface area contributed by atoms with Gasteiger partial charge in [0.1, 0.15) is 7.85 Å². The summed E-state index contributed by atoms with van der Waals surface area (Å²) in [6, 6.07) is 11.7. The minimum absolute atomic E-state index is 0.785. The van der Waals surface area contributed by atoms with Gasteiger partial charge in [0.2, 0.25) is 0 Å². The van der Waals surface area contributed by atoms with Crippen LogP contribution in [-0.2, 0) is 0 Å². The lowest BCUT2D eigenvalue weighted by atomic mass is 9.94. The van der Waals surface area contributed by atoms with Gasteiger partial charge >= 0.3 is 0 Å². The number of benzene rings is 1. The Labute approximate surface area is 78.9 Å². The van der Waals surface area contributed by atoms with Crippen molar-refractivity contribution < 1.29 is 0 Å². The van der Waals surface area contributed by atoms with Crippen molar-refractivity contribution in [1.82, 2.24) is 4.98 Å². The Morgan fingerprint density at radius 1 is 0.923 bits per heavy atom. The molecule has 0 bridgehead atoms. The fourth-order valence-corrected chi connectivity index (χ4v) is 1.21. The number of pyridine rings is 1. The molecule has 0 fully saturated rings. The number of hydrogen-bond acceptors (Lipinski definition) is 1.